The Labute approximate surface area is 143 Å². The van der Waals surface area contributed by atoms with E-state index < -0.39 is 11.7 Å². The summed E-state index contributed by atoms with van der Waals surface area (Å²) >= 11 is 12.1. The molecule has 2 aromatic carbocycles. The molecule has 2 rings (SSSR count). The van der Waals surface area contributed by atoms with Gasteiger partial charge in [0.15, 0.2) is 0 Å². The van der Waals surface area contributed by atoms with Gasteiger partial charge in [0.2, 0.25) is 0 Å². The highest BCUT2D eigenvalue weighted by Crippen LogP contribution is 2.31. The number of rotatable bonds is 4. The molecular weight excluding hydrogens is 346 g/mol. The maximum atomic E-state index is 12.6. The smallest absolute Gasteiger partial charge is 0.304 e. The van der Waals surface area contributed by atoms with E-state index in [1.807, 2.05) is 19.9 Å². The fourth-order valence-electron chi connectivity index (χ4n) is 2.37. The van der Waals surface area contributed by atoms with Gasteiger partial charge in [-0.05, 0) is 49.2 Å². The monoisotopic (exact) mass is 361 g/mol. The Morgan fingerprint density at radius 1 is 0.913 bits per heavy atom. The van der Waals surface area contributed by atoms with Crippen molar-refractivity contribution in [2.75, 3.05) is 0 Å². The van der Waals surface area contributed by atoms with Crippen LogP contribution in [0.15, 0.2) is 42.5 Å². The maximum Gasteiger partial charge on any atom is 0.416 e. The van der Waals surface area contributed by atoms with Gasteiger partial charge < -0.3 is 5.32 Å². The molecule has 0 bridgehead atoms. The van der Waals surface area contributed by atoms with Crippen molar-refractivity contribution in [3.8, 4) is 0 Å². The molecule has 6 heteroatoms. The summed E-state index contributed by atoms with van der Waals surface area (Å²) < 4.78 is 37.8. The molecule has 0 aliphatic heterocycles. The number of nitrogens with one attached hydrogen (secondary N) is 1. The molecule has 124 valence electrons. The average Bonchev–Trinajstić information content (AvgIpc) is 2.46. The Bertz CT molecular complexity index is 669. The first-order valence-electron chi connectivity index (χ1n) is 7.06. The summed E-state index contributed by atoms with van der Waals surface area (Å²) in [6, 6.07) is 10.2. The Balaban J connectivity index is 2.10. The quantitative estimate of drug-likeness (QED) is 0.661. The van der Waals surface area contributed by atoms with Gasteiger partial charge in [-0.15, -0.1) is 0 Å². The minimum Gasteiger partial charge on any atom is -0.304 e. The Hall–Kier alpha value is -1.23. The molecule has 0 radical (unpaired) electrons. The van der Waals surface area contributed by atoms with Gasteiger partial charge >= 0.3 is 6.18 Å². The number of halogens is 5. The molecule has 2 unspecified atom stereocenters. The van der Waals surface area contributed by atoms with Crippen LogP contribution in [0.4, 0.5) is 13.2 Å². The van der Waals surface area contributed by atoms with Gasteiger partial charge in [0.1, 0.15) is 0 Å². The van der Waals surface area contributed by atoms with Crippen LogP contribution in [-0.4, -0.2) is 0 Å². The van der Waals surface area contributed by atoms with Crippen LogP contribution in [0.3, 0.4) is 0 Å². The van der Waals surface area contributed by atoms with E-state index >= 15 is 0 Å². The summed E-state index contributed by atoms with van der Waals surface area (Å²) in [6.07, 6.45) is -4.32. The average molecular weight is 362 g/mol. The largest absolute Gasteiger partial charge is 0.416 e. The zero-order valence-electron chi connectivity index (χ0n) is 12.6. The van der Waals surface area contributed by atoms with Crippen LogP contribution in [-0.2, 0) is 6.18 Å². The summed E-state index contributed by atoms with van der Waals surface area (Å²) in [5, 5.41) is 4.43. The van der Waals surface area contributed by atoms with Crippen LogP contribution < -0.4 is 5.32 Å². The lowest BCUT2D eigenvalue weighted by atomic mass is 10.0. The third kappa shape index (κ3) is 4.63. The molecule has 0 saturated carbocycles. The van der Waals surface area contributed by atoms with Crippen LogP contribution in [0, 0.1) is 0 Å². The second kappa shape index (κ2) is 7.12. The van der Waals surface area contributed by atoms with Gasteiger partial charge in [0.05, 0.1) is 5.56 Å². The second-order valence-corrected chi connectivity index (χ2v) is 6.24. The van der Waals surface area contributed by atoms with Crippen LogP contribution in [0.1, 0.15) is 42.6 Å². The molecule has 2 atom stereocenters. The van der Waals surface area contributed by atoms with E-state index in [4.69, 9.17) is 23.2 Å². The summed E-state index contributed by atoms with van der Waals surface area (Å²) in [5.41, 5.74) is 1.01. The van der Waals surface area contributed by atoms with Gasteiger partial charge in [-0.25, -0.2) is 0 Å². The summed E-state index contributed by atoms with van der Waals surface area (Å²) in [5.74, 6) is 0. The number of hydrogen-bond donors (Lipinski definition) is 1. The van der Waals surface area contributed by atoms with E-state index in [0.717, 1.165) is 23.3 Å². The topological polar surface area (TPSA) is 12.0 Å². The first kappa shape index (κ1) is 18.1. The van der Waals surface area contributed by atoms with E-state index in [1.165, 1.54) is 12.1 Å². The summed E-state index contributed by atoms with van der Waals surface area (Å²) in [7, 11) is 0. The lowest BCUT2D eigenvalue weighted by molar-refractivity contribution is -0.137. The zero-order chi connectivity index (χ0) is 17.2. The van der Waals surface area contributed by atoms with E-state index in [9.17, 15) is 13.2 Å². The van der Waals surface area contributed by atoms with Crippen molar-refractivity contribution in [2.24, 2.45) is 0 Å². The lowest BCUT2D eigenvalue weighted by Gasteiger charge is -2.22. The highest BCUT2D eigenvalue weighted by atomic mass is 35.5. The van der Waals surface area contributed by atoms with Gasteiger partial charge in [0.25, 0.3) is 0 Å². The third-order valence-corrected chi connectivity index (χ3v) is 4.23. The first-order valence-corrected chi connectivity index (χ1v) is 7.82. The molecule has 0 aromatic heterocycles. The van der Waals surface area contributed by atoms with Crippen LogP contribution in [0.5, 0.6) is 0 Å². The minimum atomic E-state index is -4.32. The van der Waals surface area contributed by atoms with Gasteiger partial charge in [-0.1, -0.05) is 41.4 Å². The molecule has 0 saturated heterocycles. The van der Waals surface area contributed by atoms with Crippen LogP contribution in [0.25, 0.3) is 0 Å². The van der Waals surface area contributed by atoms with Crippen molar-refractivity contribution in [2.45, 2.75) is 32.1 Å². The zero-order valence-corrected chi connectivity index (χ0v) is 14.1. The van der Waals surface area contributed by atoms with Crippen molar-refractivity contribution in [1.29, 1.82) is 0 Å². The van der Waals surface area contributed by atoms with Crippen LogP contribution >= 0.6 is 23.2 Å². The summed E-state index contributed by atoms with van der Waals surface area (Å²) in [4.78, 5) is 0. The van der Waals surface area contributed by atoms with Crippen molar-refractivity contribution < 1.29 is 13.2 Å². The molecule has 0 fully saturated rings. The fraction of sp³-hybridized carbons (Fsp3) is 0.294. The molecule has 0 amide bonds. The highest BCUT2D eigenvalue weighted by molar-refractivity contribution is 6.35. The Morgan fingerprint density at radius 2 is 1.52 bits per heavy atom. The molecular formula is C17H16Cl2F3N. The van der Waals surface area contributed by atoms with E-state index in [2.05, 4.69) is 5.32 Å². The molecule has 1 N–H and O–H groups in total. The number of hydrogen-bond acceptors (Lipinski definition) is 1. The van der Waals surface area contributed by atoms with Gasteiger partial charge in [0, 0.05) is 22.1 Å². The second-order valence-electron chi connectivity index (χ2n) is 5.40. The van der Waals surface area contributed by atoms with Gasteiger partial charge in [-0.2, -0.15) is 13.2 Å². The van der Waals surface area contributed by atoms with E-state index in [1.54, 1.807) is 12.1 Å². The molecule has 0 heterocycles. The first-order chi connectivity index (χ1) is 10.7. The number of alkyl halides is 3. The molecule has 0 aliphatic carbocycles. The molecule has 0 aliphatic rings. The third-order valence-electron chi connectivity index (χ3n) is 3.67. The summed E-state index contributed by atoms with van der Waals surface area (Å²) in [6.45, 7) is 3.83. The lowest BCUT2D eigenvalue weighted by Crippen LogP contribution is -2.22. The van der Waals surface area contributed by atoms with Crippen molar-refractivity contribution in [3.63, 3.8) is 0 Å². The van der Waals surface area contributed by atoms with Crippen molar-refractivity contribution in [3.05, 3.63) is 69.2 Å². The number of benzene rings is 2. The van der Waals surface area contributed by atoms with Crippen molar-refractivity contribution >= 4 is 23.2 Å². The fourth-order valence-corrected chi connectivity index (χ4v) is 2.95. The predicted octanol–water partition coefficient (Wildman–Crippen LogP) is 6.42. The molecule has 2 aromatic rings. The van der Waals surface area contributed by atoms with Gasteiger partial charge in [-0.3, -0.25) is 0 Å². The minimum absolute atomic E-state index is 0.0722. The molecule has 1 nitrogen and oxygen atoms in total. The highest BCUT2D eigenvalue weighted by Gasteiger charge is 2.30. The normalized spacial score (nSPS) is 14.6. The van der Waals surface area contributed by atoms with Crippen molar-refractivity contribution in [1.82, 2.24) is 5.32 Å². The Kier molecular flexibility index (Phi) is 5.61. The van der Waals surface area contributed by atoms with Crippen LogP contribution in [0.2, 0.25) is 10.0 Å². The maximum absolute atomic E-state index is 12.6. The standard InChI is InChI=1S/C17H16Cl2F3N/c1-10(12-3-5-13(6-4-12)17(20,21)22)23-11(2)15-8-7-14(18)9-16(15)19/h3-11,23H,1-2H3. The molecule has 0 spiro atoms. The van der Waals surface area contributed by atoms with E-state index in [0.29, 0.717) is 10.0 Å². The SMILES string of the molecule is CC(NC(C)c1ccc(Cl)cc1Cl)c1ccc(C(F)(F)F)cc1. The van der Waals surface area contributed by atoms with E-state index in [-0.39, 0.29) is 12.1 Å². The molecule has 23 heavy (non-hydrogen) atoms. The predicted molar refractivity (Wildman–Crippen MR) is 87.9 cm³/mol. The Morgan fingerprint density at radius 3 is 2.04 bits per heavy atom.